The zero-order valence-electron chi connectivity index (χ0n) is 31.2. The van der Waals surface area contributed by atoms with Gasteiger partial charge in [0.15, 0.2) is 0 Å². The van der Waals surface area contributed by atoms with Gasteiger partial charge >= 0.3 is 0 Å². The molecule has 2 saturated carbocycles. The van der Waals surface area contributed by atoms with Crippen molar-refractivity contribution in [3.8, 4) is 16.9 Å². The fraction of sp³-hybridized carbons (Fsp3) is 0.390. The molecule has 13 nitrogen and oxygen atoms in total. The molecule has 4 amide bonds. The molecule has 3 aromatic rings. The molecule has 3 N–H and O–H groups in total. The Morgan fingerprint density at radius 3 is 2.54 bits per heavy atom. The molecule has 2 aliphatic heterocycles. The second kappa shape index (κ2) is 14.0. The highest BCUT2D eigenvalue weighted by Crippen LogP contribution is 2.46. The van der Waals surface area contributed by atoms with Gasteiger partial charge in [0.25, 0.3) is 11.8 Å². The average Bonchev–Trinajstić information content (AvgIpc) is 4.01. The van der Waals surface area contributed by atoms with E-state index in [1.165, 1.54) is 22.3 Å². The molecule has 56 heavy (non-hydrogen) atoms. The fourth-order valence-corrected chi connectivity index (χ4v) is 9.84. The highest BCUT2D eigenvalue weighted by Gasteiger charge is 2.62. The lowest BCUT2D eigenvalue weighted by Gasteiger charge is -2.35. The van der Waals surface area contributed by atoms with E-state index in [9.17, 15) is 27.6 Å². The van der Waals surface area contributed by atoms with Gasteiger partial charge in [-0.1, -0.05) is 62.3 Å². The van der Waals surface area contributed by atoms with Crippen molar-refractivity contribution in [3.05, 3.63) is 94.2 Å². The van der Waals surface area contributed by atoms with Gasteiger partial charge in [-0.2, -0.15) is 0 Å². The lowest BCUT2D eigenvalue weighted by atomic mass is 9.85. The summed E-state index contributed by atoms with van der Waals surface area (Å²) >= 11 is 1.24. The van der Waals surface area contributed by atoms with Crippen LogP contribution in [0.3, 0.4) is 0 Å². The highest BCUT2D eigenvalue weighted by molar-refractivity contribution is 7.91. The van der Waals surface area contributed by atoms with Crippen molar-refractivity contribution in [3.63, 3.8) is 0 Å². The standard InChI is InChI=1S/C41H43N5O8S2/c1-5-24-21-41(24,39(50)45-56(51,52)27-13-14-27)43-36(47)32-20-26-22-46(32)38(49)35(40(2,3)4)42-37(48)34-23(16-18-55-34)9-8-17-53-25-12-15-29-28-10-6-7-11-30(28)33(44-54-26)31(29)19-25/h5-12,15-16,18-19,24,26-27,32,35H,1,13-14,17,20-22H2,2-4H3,(H,42,48)(H,43,47)(H,45,50)/b9-8+,44-33-/t24-,26-,32+,35-,41-/m1/s1. The molecule has 292 valence electrons. The van der Waals surface area contributed by atoms with Crippen molar-refractivity contribution in [2.75, 3.05) is 13.2 Å². The number of hydrogen-bond donors (Lipinski definition) is 3. The van der Waals surface area contributed by atoms with Gasteiger partial charge in [0.1, 0.15) is 41.8 Å². The van der Waals surface area contributed by atoms with Crippen LogP contribution in [0.25, 0.3) is 17.2 Å². The van der Waals surface area contributed by atoms with Gasteiger partial charge in [-0.05, 0) is 77.1 Å². The van der Waals surface area contributed by atoms with Gasteiger partial charge in [0.2, 0.25) is 21.8 Å². The molecular formula is C41H43N5O8S2. The Labute approximate surface area is 329 Å². The van der Waals surface area contributed by atoms with Gasteiger partial charge < -0.3 is 25.1 Å². The second-order valence-corrected chi connectivity index (χ2v) is 18.9. The Morgan fingerprint density at radius 1 is 1.07 bits per heavy atom. The van der Waals surface area contributed by atoms with Crippen molar-refractivity contribution in [2.45, 2.75) is 75.4 Å². The van der Waals surface area contributed by atoms with E-state index in [0.717, 1.165) is 22.3 Å². The molecule has 2 aromatic carbocycles. The smallest absolute Gasteiger partial charge is 0.262 e. The Balaban J connectivity index is 1.16. The average molecular weight is 798 g/mol. The molecule has 3 aliphatic carbocycles. The Morgan fingerprint density at radius 2 is 1.82 bits per heavy atom. The highest BCUT2D eigenvalue weighted by atomic mass is 32.2. The lowest BCUT2D eigenvalue weighted by molar-refractivity contribution is -0.142. The number of nitrogens with one attached hydrogen (secondary N) is 3. The first-order valence-electron chi connectivity index (χ1n) is 18.7. The van der Waals surface area contributed by atoms with Gasteiger partial charge in [0, 0.05) is 23.5 Å². The Hall–Kier alpha value is -5.28. The molecule has 5 atom stereocenters. The number of carbonyl (C=O) groups is 4. The van der Waals surface area contributed by atoms with Gasteiger partial charge in [-0.15, -0.1) is 17.9 Å². The number of benzene rings is 2. The molecule has 5 aliphatic rings. The maximum absolute atomic E-state index is 14.8. The normalized spacial score (nSPS) is 27.3. The van der Waals surface area contributed by atoms with Gasteiger partial charge in [-0.3, -0.25) is 23.9 Å². The molecule has 0 spiro atoms. The zero-order chi connectivity index (χ0) is 39.6. The Bertz CT molecular complexity index is 2320. The number of sulfonamides is 1. The number of ether oxygens (including phenoxy) is 1. The summed E-state index contributed by atoms with van der Waals surface area (Å²) in [5.74, 6) is -2.38. The topological polar surface area (TPSA) is 173 Å². The molecule has 8 rings (SSSR count). The summed E-state index contributed by atoms with van der Waals surface area (Å²) in [6.45, 7) is 9.45. The van der Waals surface area contributed by atoms with E-state index in [1.54, 1.807) is 11.5 Å². The van der Waals surface area contributed by atoms with Crippen LogP contribution in [0, 0.1) is 11.3 Å². The van der Waals surface area contributed by atoms with E-state index in [4.69, 9.17) is 9.57 Å². The number of oxime groups is 1. The summed E-state index contributed by atoms with van der Waals surface area (Å²) in [5.41, 5.74) is 2.44. The quantitative estimate of drug-likeness (QED) is 0.241. The van der Waals surface area contributed by atoms with Crippen LogP contribution >= 0.6 is 11.3 Å². The third kappa shape index (κ3) is 6.91. The summed E-state index contributed by atoms with van der Waals surface area (Å²) in [4.78, 5) is 64.6. The zero-order valence-corrected chi connectivity index (χ0v) is 32.9. The minimum absolute atomic E-state index is 0.00745. The first-order chi connectivity index (χ1) is 26.7. The van der Waals surface area contributed by atoms with Crippen molar-refractivity contribution in [2.24, 2.45) is 16.5 Å². The van der Waals surface area contributed by atoms with E-state index in [0.29, 0.717) is 34.7 Å². The molecule has 3 fully saturated rings. The molecule has 4 bridgehead atoms. The lowest BCUT2D eigenvalue weighted by Crippen LogP contribution is -2.60. The predicted molar refractivity (Wildman–Crippen MR) is 211 cm³/mol. The number of carbonyl (C=O) groups excluding carboxylic acids is 4. The summed E-state index contributed by atoms with van der Waals surface area (Å²) in [7, 11) is -3.91. The third-order valence-corrected chi connectivity index (χ3v) is 13.8. The number of thiophene rings is 1. The molecule has 3 heterocycles. The maximum atomic E-state index is 14.8. The van der Waals surface area contributed by atoms with Crippen LogP contribution in [0.15, 0.2) is 77.8 Å². The summed E-state index contributed by atoms with van der Waals surface area (Å²) in [6, 6.07) is 13.2. The summed E-state index contributed by atoms with van der Waals surface area (Å²) in [6.07, 6.45) is 5.43. The molecule has 15 heteroatoms. The SMILES string of the molecule is C=C[C@@H]1C[C@]1(NC(=O)[C@@H]1C[C@@H]2CN1C(=O)[C@H](C(C)(C)C)NC(=O)c1sccc1/C=C/COc1ccc3c(c1)/C(=N\O2)c1ccccc1-3)C(=O)NS(=O)(=O)C1CC1. The number of amides is 4. The van der Waals surface area contributed by atoms with E-state index in [1.807, 2.05) is 75.4 Å². The number of rotatable bonds is 6. The largest absolute Gasteiger partial charge is 0.490 e. The minimum atomic E-state index is -3.91. The molecule has 0 radical (unpaired) electrons. The first-order valence-corrected chi connectivity index (χ1v) is 21.1. The van der Waals surface area contributed by atoms with Gasteiger partial charge in [0.05, 0.1) is 16.7 Å². The van der Waals surface area contributed by atoms with Crippen molar-refractivity contribution in [1.29, 1.82) is 0 Å². The maximum Gasteiger partial charge on any atom is 0.262 e. The van der Waals surface area contributed by atoms with Crippen LogP contribution in [0.2, 0.25) is 0 Å². The monoisotopic (exact) mass is 797 g/mol. The van der Waals surface area contributed by atoms with E-state index >= 15 is 0 Å². The van der Waals surface area contributed by atoms with Crippen molar-refractivity contribution >= 4 is 56.8 Å². The van der Waals surface area contributed by atoms with Crippen molar-refractivity contribution in [1.82, 2.24) is 20.3 Å². The van der Waals surface area contributed by atoms with Crippen LogP contribution in [-0.4, -0.2) is 84.8 Å². The first kappa shape index (κ1) is 37.6. The summed E-state index contributed by atoms with van der Waals surface area (Å²) in [5, 5.41) is 11.6. The fourth-order valence-electron chi connectivity index (χ4n) is 7.69. The van der Waals surface area contributed by atoms with E-state index in [-0.39, 0.29) is 26.0 Å². The van der Waals surface area contributed by atoms with E-state index in [2.05, 4.69) is 27.1 Å². The van der Waals surface area contributed by atoms with Crippen molar-refractivity contribution < 1.29 is 37.2 Å². The van der Waals surface area contributed by atoms with Crippen LogP contribution in [-0.2, 0) is 29.2 Å². The predicted octanol–water partition coefficient (Wildman–Crippen LogP) is 4.39. The number of nitrogens with zero attached hydrogens (tertiary/aromatic N) is 2. The summed E-state index contributed by atoms with van der Waals surface area (Å²) < 4.78 is 33.8. The molecule has 1 saturated heterocycles. The number of hydrogen-bond acceptors (Lipinski definition) is 10. The van der Waals surface area contributed by atoms with Crippen LogP contribution in [0.5, 0.6) is 5.75 Å². The molecular weight excluding hydrogens is 755 g/mol. The van der Waals surface area contributed by atoms with Crippen LogP contribution in [0.1, 0.15) is 72.8 Å². The minimum Gasteiger partial charge on any atom is -0.490 e. The van der Waals surface area contributed by atoms with E-state index < -0.39 is 74.0 Å². The Kier molecular flexibility index (Phi) is 9.43. The van der Waals surface area contributed by atoms with Crippen LogP contribution in [0.4, 0.5) is 0 Å². The molecule has 1 aromatic heterocycles. The number of fused-ring (bicyclic) bond motifs is 7. The van der Waals surface area contributed by atoms with Gasteiger partial charge in [-0.25, -0.2) is 8.42 Å². The van der Waals surface area contributed by atoms with Crippen LogP contribution < -0.4 is 20.1 Å². The third-order valence-electron chi connectivity index (χ3n) is 11.0. The second-order valence-electron chi connectivity index (χ2n) is 16.0. The molecule has 0 unspecified atom stereocenters.